The van der Waals surface area contributed by atoms with Gasteiger partial charge in [-0.1, -0.05) is 34.1 Å². The second-order valence-corrected chi connectivity index (χ2v) is 3.35. The highest BCUT2D eigenvalue weighted by Gasteiger charge is 2.24. The van der Waals surface area contributed by atoms with E-state index in [1.807, 2.05) is 27.8 Å². The van der Waals surface area contributed by atoms with Crippen LogP contribution in [0.4, 0.5) is 0 Å². The van der Waals surface area contributed by atoms with Crippen LogP contribution in [-0.4, -0.2) is 30.6 Å². The summed E-state index contributed by atoms with van der Waals surface area (Å²) in [6.45, 7) is 9.70. The molecule has 0 saturated heterocycles. The minimum Gasteiger partial charge on any atom is -0.312 e. The summed E-state index contributed by atoms with van der Waals surface area (Å²) in [6.07, 6.45) is 1.73. The SMILES string of the molecule is CC.CCCC(N)(C#N)CN(C)CC.[HH]. The van der Waals surface area contributed by atoms with Crippen LogP contribution in [0.25, 0.3) is 0 Å². The van der Waals surface area contributed by atoms with Gasteiger partial charge in [0.25, 0.3) is 0 Å². The Kier molecular flexibility index (Phi) is 10.2. The van der Waals surface area contributed by atoms with Gasteiger partial charge in [-0.15, -0.1) is 0 Å². The maximum absolute atomic E-state index is 8.86. The van der Waals surface area contributed by atoms with Gasteiger partial charge in [0, 0.05) is 7.97 Å². The van der Waals surface area contributed by atoms with E-state index >= 15 is 0 Å². The van der Waals surface area contributed by atoms with E-state index in [-0.39, 0.29) is 1.43 Å². The summed E-state index contributed by atoms with van der Waals surface area (Å²) in [7, 11) is 1.98. The van der Waals surface area contributed by atoms with E-state index in [0.29, 0.717) is 6.54 Å². The normalized spacial score (nSPS) is 13.9. The first-order chi connectivity index (χ1) is 6.58. The fraction of sp³-hybridized carbons (Fsp3) is 0.909. The zero-order chi connectivity index (χ0) is 11.6. The largest absolute Gasteiger partial charge is 0.312 e. The van der Waals surface area contributed by atoms with Gasteiger partial charge in [-0.2, -0.15) is 5.26 Å². The predicted molar refractivity (Wildman–Crippen MR) is 64.1 cm³/mol. The van der Waals surface area contributed by atoms with Crippen molar-refractivity contribution in [3.8, 4) is 6.07 Å². The van der Waals surface area contributed by atoms with Crippen molar-refractivity contribution in [3.63, 3.8) is 0 Å². The molecule has 0 fully saturated rings. The van der Waals surface area contributed by atoms with Crippen LogP contribution in [0.2, 0.25) is 0 Å². The maximum atomic E-state index is 8.86. The lowest BCUT2D eigenvalue weighted by Crippen LogP contribution is -2.47. The minimum absolute atomic E-state index is 0. The first-order valence-electron chi connectivity index (χ1n) is 5.46. The Morgan fingerprint density at radius 1 is 1.43 bits per heavy atom. The van der Waals surface area contributed by atoms with Gasteiger partial charge in [0.2, 0.25) is 0 Å². The first kappa shape index (κ1) is 15.9. The predicted octanol–water partition coefficient (Wildman–Crippen LogP) is 2.23. The van der Waals surface area contributed by atoms with Crippen LogP contribution in [0.3, 0.4) is 0 Å². The highest BCUT2D eigenvalue weighted by atomic mass is 15.1. The van der Waals surface area contributed by atoms with Crippen LogP contribution < -0.4 is 5.73 Å². The third-order valence-electron chi connectivity index (χ3n) is 2.01. The van der Waals surface area contributed by atoms with Gasteiger partial charge in [0.15, 0.2) is 0 Å². The van der Waals surface area contributed by atoms with Crippen molar-refractivity contribution < 1.29 is 1.43 Å². The number of rotatable bonds is 5. The lowest BCUT2D eigenvalue weighted by molar-refractivity contribution is 0.282. The fourth-order valence-electron chi connectivity index (χ4n) is 1.21. The van der Waals surface area contributed by atoms with Crippen LogP contribution in [-0.2, 0) is 0 Å². The molecule has 0 saturated carbocycles. The highest BCUT2D eigenvalue weighted by Crippen LogP contribution is 2.09. The number of hydrogen-bond acceptors (Lipinski definition) is 3. The minimum atomic E-state index is -0.653. The summed E-state index contributed by atoms with van der Waals surface area (Å²) in [6, 6.07) is 2.18. The standard InChI is InChI=1S/C9H19N3.C2H6.H2/c1-4-6-9(11,7-10)8-12(3)5-2;1-2;/h4-6,8,11H2,1-3H3;1-2H3;1H. The summed E-state index contributed by atoms with van der Waals surface area (Å²) >= 11 is 0. The molecule has 1 unspecified atom stereocenters. The molecule has 0 aliphatic heterocycles. The molecule has 0 rings (SSSR count). The Morgan fingerprint density at radius 2 is 1.93 bits per heavy atom. The second-order valence-electron chi connectivity index (χ2n) is 3.35. The molecule has 14 heavy (non-hydrogen) atoms. The van der Waals surface area contributed by atoms with Crippen LogP contribution in [0.15, 0.2) is 0 Å². The number of nitrogens with two attached hydrogens (primary N) is 1. The quantitative estimate of drug-likeness (QED) is 0.742. The first-order valence-corrected chi connectivity index (χ1v) is 5.46. The molecule has 0 aliphatic carbocycles. The number of nitrogens with zero attached hydrogens (tertiary/aromatic N) is 2. The zero-order valence-electron chi connectivity index (χ0n) is 10.3. The molecule has 0 amide bonds. The van der Waals surface area contributed by atoms with Crippen LogP contribution in [0.1, 0.15) is 42.0 Å². The Labute approximate surface area is 90.4 Å². The van der Waals surface area contributed by atoms with Gasteiger partial charge in [-0.25, -0.2) is 0 Å². The van der Waals surface area contributed by atoms with E-state index in [4.69, 9.17) is 11.0 Å². The molecule has 86 valence electrons. The van der Waals surface area contributed by atoms with E-state index in [1.54, 1.807) is 0 Å². The molecule has 3 heteroatoms. The molecular weight excluding hydrogens is 174 g/mol. The summed E-state index contributed by atoms with van der Waals surface area (Å²) < 4.78 is 0. The number of hydrogen-bond donors (Lipinski definition) is 1. The van der Waals surface area contributed by atoms with Crippen LogP contribution >= 0.6 is 0 Å². The van der Waals surface area contributed by atoms with Gasteiger partial charge in [-0.05, 0) is 20.0 Å². The average Bonchev–Trinajstić information content (AvgIpc) is 2.21. The Balaban J connectivity index is -0.000000449. The molecule has 0 aromatic carbocycles. The summed E-state index contributed by atoms with van der Waals surface area (Å²) in [5, 5.41) is 8.86. The average molecular weight is 201 g/mol. The third kappa shape index (κ3) is 6.88. The molecule has 0 bridgehead atoms. The lowest BCUT2D eigenvalue weighted by atomic mass is 9.96. The van der Waals surface area contributed by atoms with Crippen molar-refractivity contribution in [1.82, 2.24) is 4.90 Å². The Bertz CT molecular complexity index is 168. The van der Waals surface area contributed by atoms with E-state index in [1.165, 1.54) is 0 Å². The van der Waals surface area contributed by atoms with Gasteiger partial charge < -0.3 is 10.6 Å². The van der Waals surface area contributed by atoms with Gasteiger partial charge in [0.1, 0.15) is 5.54 Å². The van der Waals surface area contributed by atoms with Crippen molar-refractivity contribution in [2.75, 3.05) is 20.1 Å². The van der Waals surface area contributed by atoms with E-state index in [2.05, 4.69) is 17.9 Å². The van der Waals surface area contributed by atoms with Crippen molar-refractivity contribution in [2.45, 2.75) is 46.1 Å². The maximum Gasteiger partial charge on any atom is 0.117 e. The molecular formula is C11H27N3. The van der Waals surface area contributed by atoms with Gasteiger partial charge in [-0.3, -0.25) is 0 Å². The van der Waals surface area contributed by atoms with Crippen molar-refractivity contribution in [1.29, 1.82) is 5.26 Å². The summed E-state index contributed by atoms with van der Waals surface area (Å²) in [5.41, 5.74) is 5.23. The number of nitriles is 1. The van der Waals surface area contributed by atoms with Crippen molar-refractivity contribution in [2.24, 2.45) is 5.73 Å². The fourth-order valence-corrected chi connectivity index (χ4v) is 1.21. The number of likely N-dealkylation sites (N-methyl/N-ethyl adjacent to an activating group) is 1. The zero-order valence-corrected chi connectivity index (χ0v) is 10.3. The molecule has 0 aliphatic rings. The molecule has 0 aromatic rings. The smallest absolute Gasteiger partial charge is 0.117 e. The molecule has 0 spiro atoms. The molecule has 3 nitrogen and oxygen atoms in total. The van der Waals surface area contributed by atoms with Gasteiger partial charge in [0.05, 0.1) is 6.07 Å². The topological polar surface area (TPSA) is 53.1 Å². The lowest BCUT2D eigenvalue weighted by Gasteiger charge is -2.26. The highest BCUT2D eigenvalue weighted by molar-refractivity contribution is 5.05. The Morgan fingerprint density at radius 3 is 2.21 bits per heavy atom. The summed E-state index contributed by atoms with van der Waals surface area (Å²) in [5.74, 6) is 0. The van der Waals surface area contributed by atoms with Crippen molar-refractivity contribution in [3.05, 3.63) is 0 Å². The van der Waals surface area contributed by atoms with Crippen molar-refractivity contribution >= 4 is 0 Å². The molecule has 1 atom stereocenters. The van der Waals surface area contributed by atoms with E-state index in [0.717, 1.165) is 19.4 Å². The monoisotopic (exact) mass is 201 g/mol. The van der Waals surface area contributed by atoms with Crippen LogP contribution in [0, 0.1) is 11.3 Å². The summed E-state index contributed by atoms with van der Waals surface area (Å²) in [4.78, 5) is 2.07. The molecule has 0 radical (unpaired) electrons. The molecule has 0 aromatic heterocycles. The Hall–Kier alpha value is -0.590. The van der Waals surface area contributed by atoms with Gasteiger partial charge >= 0.3 is 0 Å². The molecule has 0 heterocycles. The third-order valence-corrected chi connectivity index (χ3v) is 2.01. The molecule has 2 N–H and O–H groups in total. The second kappa shape index (κ2) is 8.98. The van der Waals surface area contributed by atoms with E-state index < -0.39 is 5.54 Å². The van der Waals surface area contributed by atoms with E-state index in [9.17, 15) is 0 Å². The van der Waals surface area contributed by atoms with Crippen LogP contribution in [0.5, 0.6) is 0 Å².